The number of tetrazole rings is 1. The van der Waals surface area contributed by atoms with Crippen LogP contribution in [-0.2, 0) is 30.5 Å². The Morgan fingerprint density at radius 3 is 2.83 bits per heavy atom. The second-order valence-corrected chi connectivity index (χ2v) is 14.0. The van der Waals surface area contributed by atoms with Crippen molar-refractivity contribution in [1.29, 1.82) is 0 Å². The Kier molecular flexibility index (Phi) is 10.2. The van der Waals surface area contributed by atoms with E-state index in [1.165, 1.54) is 38.7 Å². The predicted octanol–water partition coefficient (Wildman–Crippen LogP) is 0.0119. The zero-order chi connectivity index (χ0) is 33.1. The number of carboxylic acids is 1. The van der Waals surface area contributed by atoms with E-state index in [-0.39, 0.29) is 42.1 Å². The molecule has 3 amide bonds. The Balaban J connectivity index is 1.22. The summed E-state index contributed by atoms with van der Waals surface area (Å²) < 4.78 is 9.49. The van der Waals surface area contributed by atoms with E-state index in [1.807, 2.05) is 12.2 Å². The van der Waals surface area contributed by atoms with Crippen molar-refractivity contribution in [2.45, 2.75) is 74.2 Å². The van der Waals surface area contributed by atoms with E-state index in [1.54, 1.807) is 20.8 Å². The molecule has 6 N–H and O–H groups in total. The molecule has 0 aromatic carbocycles. The summed E-state index contributed by atoms with van der Waals surface area (Å²) in [5.74, 6) is -3.86. The third kappa shape index (κ3) is 7.65. The molecule has 1 saturated heterocycles. The summed E-state index contributed by atoms with van der Waals surface area (Å²) in [5, 5.41) is 30.7. The van der Waals surface area contributed by atoms with Crippen molar-refractivity contribution in [3.05, 3.63) is 23.4 Å². The Morgan fingerprint density at radius 1 is 1.35 bits per heavy atom. The number of thioether (sulfide) groups is 2. The van der Waals surface area contributed by atoms with Crippen molar-refractivity contribution in [3.8, 4) is 0 Å². The minimum absolute atomic E-state index is 0.156. The first-order chi connectivity index (χ1) is 21.9. The van der Waals surface area contributed by atoms with Crippen LogP contribution < -0.4 is 21.1 Å². The molecule has 5 rings (SSSR count). The van der Waals surface area contributed by atoms with Crippen molar-refractivity contribution in [2.24, 2.45) is 15.9 Å². The first kappa shape index (κ1) is 33.7. The van der Waals surface area contributed by atoms with Crippen LogP contribution in [0.15, 0.2) is 38.7 Å². The lowest BCUT2D eigenvalue weighted by molar-refractivity contribution is -0.150. The number of aliphatic carboxylic acids is 1. The van der Waals surface area contributed by atoms with E-state index >= 15 is 0 Å². The Hall–Kier alpha value is -3.66. The van der Waals surface area contributed by atoms with Gasteiger partial charge >= 0.3 is 12.1 Å². The molecule has 1 aromatic rings. The van der Waals surface area contributed by atoms with Gasteiger partial charge in [-0.25, -0.2) is 24.0 Å². The molecule has 0 radical (unpaired) electrons. The summed E-state index contributed by atoms with van der Waals surface area (Å²) in [4.78, 5) is 61.7. The normalized spacial score (nSPS) is 25.7. The van der Waals surface area contributed by atoms with Crippen LogP contribution in [-0.4, -0.2) is 112 Å². The molecule has 46 heavy (non-hydrogen) atoms. The molecule has 1 aliphatic carbocycles. The minimum atomic E-state index is -1.68. The molecule has 248 valence electrons. The van der Waals surface area contributed by atoms with Gasteiger partial charge in [0, 0.05) is 18.1 Å². The summed E-state index contributed by atoms with van der Waals surface area (Å²) in [6.07, 6.45) is 4.39. The van der Waals surface area contributed by atoms with Gasteiger partial charge in [0.05, 0.1) is 12.1 Å². The van der Waals surface area contributed by atoms with Crippen LogP contribution in [0.2, 0.25) is 0 Å². The third-order valence-corrected chi connectivity index (χ3v) is 9.77. The summed E-state index contributed by atoms with van der Waals surface area (Å²) >= 11 is 3.58. The third-order valence-electron chi connectivity index (χ3n) is 6.75. The molecule has 4 aliphatic rings. The van der Waals surface area contributed by atoms with Gasteiger partial charge in [0.1, 0.15) is 28.8 Å². The van der Waals surface area contributed by atoms with Gasteiger partial charge in [0.15, 0.2) is 0 Å². The van der Waals surface area contributed by atoms with E-state index in [9.17, 15) is 24.3 Å². The molecule has 0 saturated carbocycles. The lowest BCUT2D eigenvalue weighted by Gasteiger charge is -2.49. The highest BCUT2D eigenvalue weighted by Gasteiger charge is 2.55. The topological polar surface area (TPSA) is 241 Å². The minimum Gasteiger partial charge on any atom is -0.477 e. The van der Waals surface area contributed by atoms with Gasteiger partial charge in [-0.05, 0) is 67.6 Å². The number of oxime groups is 1. The average molecular weight is 696 g/mol. The van der Waals surface area contributed by atoms with Gasteiger partial charge in [-0.15, -0.1) is 16.9 Å². The highest BCUT2D eigenvalue weighted by Crippen LogP contribution is 2.41. The highest BCUT2D eigenvalue weighted by molar-refractivity contribution is 8.10. The standard InChI is InChI=1S/C25H33N11O7S3/c1-24(2,3)42-23(41)27-8-9-35-22(30-33-34-35)45-11-13-10-44-20-15(19(38)36(20)16(13)21(39)40)29-18(37)17(25(26)28-12-46-32-25)31-43-14-6-4-5-7-14/h4,6,12,14-15,20,32H,5,7-11,26H2,1-3H3,(H,27,41)(H,29,37)(H,39,40)/b31-17+/t14?,15?,20-,25?/m1/s1. The highest BCUT2D eigenvalue weighted by atomic mass is 32.2. The molecular weight excluding hydrogens is 663 g/mol. The maximum atomic E-state index is 13.4. The van der Waals surface area contributed by atoms with E-state index in [0.29, 0.717) is 17.2 Å². The number of nitrogens with zero attached hydrogens (tertiary/aromatic N) is 7. The summed E-state index contributed by atoms with van der Waals surface area (Å²) in [6.45, 7) is 5.73. The molecule has 4 atom stereocenters. The zero-order valence-corrected chi connectivity index (χ0v) is 27.5. The van der Waals surface area contributed by atoms with Crippen LogP contribution in [0.25, 0.3) is 0 Å². The number of nitrogens with one attached hydrogen (secondary N) is 3. The SMILES string of the molecule is CC(C)(C)OC(=O)NCCn1nnnc1SCC1=C(C(=O)O)N2C(=O)C(NC(=O)/C(=N\OC3C=CCC3)C3(N)N=CSN3)[C@H]2SC1. The van der Waals surface area contributed by atoms with Crippen molar-refractivity contribution >= 4 is 70.6 Å². The predicted molar refractivity (Wildman–Crippen MR) is 169 cm³/mol. The average Bonchev–Trinajstić information content (AvgIpc) is 3.77. The smallest absolute Gasteiger partial charge is 0.407 e. The zero-order valence-electron chi connectivity index (χ0n) is 25.0. The van der Waals surface area contributed by atoms with Crippen molar-refractivity contribution in [1.82, 2.24) is 40.5 Å². The fourth-order valence-electron chi connectivity index (χ4n) is 4.63. The molecule has 3 unspecified atom stereocenters. The molecule has 1 aromatic heterocycles. The van der Waals surface area contributed by atoms with Gasteiger partial charge in [0.25, 0.3) is 11.8 Å². The van der Waals surface area contributed by atoms with Gasteiger partial charge in [-0.2, -0.15) is 0 Å². The number of carbonyl (C=O) groups excluding carboxylic acids is 3. The lowest BCUT2D eigenvalue weighted by atomic mass is 10.0. The first-order valence-electron chi connectivity index (χ1n) is 14.1. The number of rotatable bonds is 12. The molecule has 21 heteroatoms. The van der Waals surface area contributed by atoms with Crippen LogP contribution in [0.3, 0.4) is 0 Å². The number of amides is 3. The number of carboxylic acid groups (broad SMARTS) is 1. The quantitative estimate of drug-likeness (QED) is 0.0483. The maximum Gasteiger partial charge on any atom is 0.407 e. The molecule has 0 spiro atoms. The number of β-lactam (4-membered cyclic amide) rings is 1. The van der Waals surface area contributed by atoms with E-state index < -0.39 is 46.7 Å². The number of alkyl carbamates (subject to hydrolysis) is 1. The Morgan fingerprint density at radius 2 is 2.15 bits per heavy atom. The first-order valence-corrected chi connectivity index (χ1v) is 17.0. The van der Waals surface area contributed by atoms with Gasteiger partial charge in [-0.3, -0.25) is 20.2 Å². The number of carbonyl (C=O) groups is 4. The monoisotopic (exact) mass is 695 g/mol. The summed E-state index contributed by atoms with van der Waals surface area (Å²) in [5.41, 5.74) is 7.12. The fraction of sp³-hybridized carbons (Fsp3) is 0.560. The van der Waals surface area contributed by atoms with Crippen LogP contribution in [0.4, 0.5) is 4.79 Å². The van der Waals surface area contributed by atoms with Crippen LogP contribution in [0.1, 0.15) is 33.6 Å². The fourth-order valence-corrected chi connectivity index (χ4v) is 7.62. The Labute approximate surface area is 275 Å². The number of ether oxygens (including phenoxy) is 1. The number of aliphatic imine (C=N–C) groups is 1. The molecule has 18 nitrogen and oxygen atoms in total. The van der Waals surface area contributed by atoms with Gasteiger partial charge in [-0.1, -0.05) is 23.0 Å². The van der Waals surface area contributed by atoms with Gasteiger partial charge < -0.3 is 25.3 Å². The number of hydrogen-bond acceptors (Lipinski definition) is 16. The number of aromatic nitrogens is 4. The molecular formula is C25H33N11O7S3. The molecule has 1 fully saturated rings. The maximum absolute atomic E-state index is 13.4. The summed E-state index contributed by atoms with van der Waals surface area (Å²) in [6, 6.07) is -1.02. The van der Waals surface area contributed by atoms with Crippen LogP contribution in [0, 0.1) is 0 Å². The number of fused-ring (bicyclic) bond motifs is 1. The van der Waals surface area contributed by atoms with Crippen molar-refractivity contribution in [2.75, 3.05) is 18.1 Å². The van der Waals surface area contributed by atoms with Crippen molar-refractivity contribution in [3.63, 3.8) is 0 Å². The van der Waals surface area contributed by atoms with Gasteiger partial charge in [0.2, 0.25) is 16.7 Å². The Bertz CT molecular complexity index is 1510. The molecule has 3 aliphatic heterocycles. The van der Waals surface area contributed by atoms with Crippen molar-refractivity contribution < 1.29 is 33.9 Å². The second-order valence-electron chi connectivity index (χ2n) is 11.3. The number of hydrogen-bond donors (Lipinski definition) is 5. The van der Waals surface area contributed by atoms with E-state index in [2.05, 4.69) is 41.0 Å². The molecule has 0 bridgehead atoms. The van der Waals surface area contributed by atoms with Crippen LogP contribution >= 0.6 is 35.5 Å². The molecule has 4 heterocycles. The van der Waals surface area contributed by atoms with Crippen LogP contribution in [0.5, 0.6) is 0 Å². The number of allylic oxidation sites excluding steroid dienone is 1. The van der Waals surface area contributed by atoms with E-state index in [4.69, 9.17) is 15.3 Å². The summed E-state index contributed by atoms with van der Waals surface area (Å²) in [7, 11) is 0. The largest absolute Gasteiger partial charge is 0.477 e. The second kappa shape index (κ2) is 14.0. The number of nitrogens with two attached hydrogens (primary N) is 1. The van der Waals surface area contributed by atoms with E-state index in [0.717, 1.165) is 18.4 Å². The lowest BCUT2D eigenvalue weighted by Crippen LogP contribution is -2.72.